The van der Waals surface area contributed by atoms with Gasteiger partial charge >= 0.3 is 0 Å². The number of amides is 1. The highest BCUT2D eigenvalue weighted by Gasteiger charge is 2.14. The third kappa shape index (κ3) is 5.12. The maximum atomic E-state index is 12.0. The van der Waals surface area contributed by atoms with E-state index in [0.29, 0.717) is 19.0 Å². The molecule has 2 N–H and O–H groups in total. The highest BCUT2D eigenvalue weighted by molar-refractivity contribution is 9.10. The van der Waals surface area contributed by atoms with E-state index < -0.39 is 0 Å². The molecule has 0 spiro atoms. The number of aromatic nitrogens is 2. The molecule has 1 heterocycles. The van der Waals surface area contributed by atoms with E-state index in [2.05, 4.69) is 31.5 Å². The first-order chi connectivity index (χ1) is 10.1. The van der Waals surface area contributed by atoms with Crippen LogP contribution in [0.25, 0.3) is 0 Å². The van der Waals surface area contributed by atoms with Crippen LogP contribution >= 0.6 is 28.3 Å². The SMILES string of the molecule is CNCC(C)C(=O)Nc1nccn1Cc1ccc(Br)cc1.Cl. The topological polar surface area (TPSA) is 59.0 Å². The largest absolute Gasteiger partial charge is 0.319 e. The smallest absolute Gasteiger partial charge is 0.230 e. The molecule has 0 fully saturated rings. The van der Waals surface area contributed by atoms with Crippen LogP contribution in [0.2, 0.25) is 0 Å². The van der Waals surface area contributed by atoms with Gasteiger partial charge in [0.15, 0.2) is 0 Å². The molecule has 2 rings (SSSR count). The Morgan fingerprint density at radius 2 is 2.05 bits per heavy atom. The molecule has 0 saturated carbocycles. The fraction of sp³-hybridized carbons (Fsp3) is 0.333. The van der Waals surface area contributed by atoms with Crippen LogP contribution < -0.4 is 10.6 Å². The Labute approximate surface area is 145 Å². The summed E-state index contributed by atoms with van der Waals surface area (Å²) in [6.07, 6.45) is 3.55. The summed E-state index contributed by atoms with van der Waals surface area (Å²) < 4.78 is 2.97. The lowest BCUT2D eigenvalue weighted by atomic mass is 10.1. The molecule has 1 unspecified atom stereocenters. The summed E-state index contributed by atoms with van der Waals surface area (Å²) in [6, 6.07) is 8.08. The van der Waals surface area contributed by atoms with Gasteiger partial charge in [0.1, 0.15) is 0 Å². The Morgan fingerprint density at radius 1 is 1.36 bits per heavy atom. The third-order valence-electron chi connectivity index (χ3n) is 3.17. The molecule has 0 bridgehead atoms. The van der Waals surface area contributed by atoms with Gasteiger partial charge in [-0.3, -0.25) is 10.1 Å². The van der Waals surface area contributed by atoms with Crippen molar-refractivity contribution < 1.29 is 4.79 Å². The van der Waals surface area contributed by atoms with E-state index in [9.17, 15) is 4.79 Å². The van der Waals surface area contributed by atoms with Crippen molar-refractivity contribution in [3.05, 3.63) is 46.7 Å². The first-order valence-electron chi connectivity index (χ1n) is 6.81. The van der Waals surface area contributed by atoms with Crippen molar-refractivity contribution >= 4 is 40.2 Å². The molecule has 0 radical (unpaired) electrons. The minimum atomic E-state index is -0.104. The van der Waals surface area contributed by atoms with Gasteiger partial charge in [-0.05, 0) is 24.7 Å². The van der Waals surface area contributed by atoms with Crippen LogP contribution in [0.5, 0.6) is 0 Å². The van der Waals surface area contributed by atoms with Gasteiger partial charge in [-0.25, -0.2) is 4.98 Å². The first kappa shape index (κ1) is 18.7. The molecule has 0 saturated heterocycles. The van der Waals surface area contributed by atoms with Crippen molar-refractivity contribution in [3.8, 4) is 0 Å². The Balaban J connectivity index is 0.00000242. The lowest BCUT2D eigenvalue weighted by Crippen LogP contribution is -2.29. The second kappa shape index (κ2) is 8.92. The Morgan fingerprint density at radius 3 is 2.68 bits per heavy atom. The van der Waals surface area contributed by atoms with E-state index in [0.717, 1.165) is 10.0 Å². The van der Waals surface area contributed by atoms with Crippen LogP contribution in [0.1, 0.15) is 12.5 Å². The number of halogens is 2. The number of carbonyl (C=O) groups is 1. The zero-order valence-corrected chi connectivity index (χ0v) is 14.9. The van der Waals surface area contributed by atoms with Crippen LogP contribution in [-0.4, -0.2) is 29.1 Å². The van der Waals surface area contributed by atoms with Gasteiger partial charge in [0.25, 0.3) is 0 Å². The summed E-state index contributed by atoms with van der Waals surface area (Å²) in [4.78, 5) is 16.3. The normalized spacial score (nSPS) is 11.6. The van der Waals surface area contributed by atoms with E-state index in [-0.39, 0.29) is 24.2 Å². The maximum Gasteiger partial charge on any atom is 0.230 e. The Hall–Kier alpha value is -1.37. The molecule has 5 nitrogen and oxygen atoms in total. The zero-order chi connectivity index (χ0) is 15.2. The average Bonchev–Trinajstić information content (AvgIpc) is 2.89. The molecule has 0 aliphatic rings. The summed E-state index contributed by atoms with van der Waals surface area (Å²) in [5, 5.41) is 5.87. The highest BCUT2D eigenvalue weighted by Crippen LogP contribution is 2.14. The first-order valence-corrected chi connectivity index (χ1v) is 7.60. The molecule has 1 amide bonds. The lowest BCUT2D eigenvalue weighted by molar-refractivity contribution is -0.119. The van der Waals surface area contributed by atoms with Crippen molar-refractivity contribution in [2.24, 2.45) is 5.92 Å². The number of nitrogens with one attached hydrogen (secondary N) is 2. The molecule has 1 aromatic heterocycles. The molecule has 0 aliphatic heterocycles. The van der Waals surface area contributed by atoms with Crippen LogP contribution in [0.4, 0.5) is 5.95 Å². The monoisotopic (exact) mass is 386 g/mol. The van der Waals surface area contributed by atoms with Crippen molar-refractivity contribution in [1.29, 1.82) is 0 Å². The molecule has 1 aromatic carbocycles. The summed E-state index contributed by atoms with van der Waals surface area (Å²) in [7, 11) is 1.83. The minimum absolute atomic E-state index is 0. The van der Waals surface area contributed by atoms with E-state index in [4.69, 9.17) is 0 Å². The highest BCUT2D eigenvalue weighted by atomic mass is 79.9. The van der Waals surface area contributed by atoms with Crippen molar-refractivity contribution in [3.63, 3.8) is 0 Å². The average molecular weight is 388 g/mol. The number of hydrogen-bond acceptors (Lipinski definition) is 3. The number of nitrogens with zero attached hydrogens (tertiary/aromatic N) is 2. The Bertz CT molecular complexity index is 600. The number of imidazole rings is 1. The summed E-state index contributed by atoms with van der Waals surface area (Å²) in [5.41, 5.74) is 1.15. The number of benzene rings is 1. The van der Waals surface area contributed by atoms with Crippen molar-refractivity contribution in [2.45, 2.75) is 13.5 Å². The maximum absolute atomic E-state index is 12.0. The summed E-state index contributed by atoms with van der Waals surface area (Å²) in [5.74, 6) is 0.436. The van der Waals surface area contributed by atoms with Gasteiger partial charge in [-0.1, -0.05) is 35.0 Å². The summed E-state index contributed by atoms with van der Waals surface area (Å²) in [6.45, 7) is 3.19. The molecule has 2 aromatic rings. The molecule has 22 heavy (non-hydrogen) atoms. The second-order valence-corrected chi connectivity index (χ2v) is 5.87. The minimum Gasteiger partial charge on any atom is -0.319 e. The van der Waals surface area contributed by atoms with Crippen molar-refractivity contribution in [1.82, 2.24) is 14.9 Å². The van der Waals surface area contributed by atoms with E-state index in [1.807, 2.05) is 49.0 Å². The number of rotatable bonds is 6. The van der Waals surface area contributed by atoms with E-state index in [1.54, 1.807) is 6.20 Å². The van der Waals surface area contributed by atoms with Gasteiger partial charge in [0.2, 0.25) is 11.9 Å². The zero-order valence-electron chi connectivity index (χ0n) is 12.5. The molecule has 1 atom stereocenters. The number of carbonyl (C=O) groups excluding carboxylic acids is 1. The van der Waals surface area contributed by atoms with Gasteiger partial charge in [-0.15, -0.1) is 12.4 Å². The Kier molecular flexibility index (Phi) is 7.58. The van der Waals surface area contributed by atoms with Crippen molar-refractivity contribution in [2.75, 3.05) is 18.9 Å². The lowest BCUT2D eigenvalue weighted by Gasteiger charge is -2.13. The molecular formula is C15H20BrClN4O. The van der Waals surface area contributed by atoms with Gasteiger partial charge in [0, 0.05) is 29.3 Å². The van der Waals surface area contributed by atoms with Gasteiger partial charge < -0.3 is 9.88 Å². The fourth-order valence-electron chi connectivity index (χ4n) is 1.98. The van der Waals surface area contributed by atoms with E-state index >= 15 is 0 Å². The molecule has 7 heteroatoms. The second-order valence-electron chi connectivity index (χ2n) is 4.95. The molecule has 120 valence electrons. The fourth-order valence-corrected chi connectivity index (χ4v) is 2.24. The quantitative estimate of drug-likeness (QED) is 0.801. The van der Waals surface area contributed by atoms with Gasteiger partial charge in [0.05, 0.1) is 6.54 Å². The van der Waals surface area contributed by atoms with Crippen LogP contribution in [0, 0.1) is 5.92 Å². The van der Waals surface area contributed by atoms with Crippen LogP contribution in [0.3, 0.4) is 0 Å². The van der Waals surface area contributed by atoms with Crippen LogP contribution in [-0.2, 0) is 11.3 Å². The van der Waals surface area contributed by atoms with Crippen LogP contribution in [0.15, 0.2) is 41.1 Å². The van der Waals surface area contributed by atoms with E-state index in [1.165, 1.54) is 0 Å². The number of hydrogen-bond donors (Lipinski definition) is 2. The summed E-state index contributed by atoms with van der Waals surface area (Å²) >= 11 is 3.42. The van der Waals surface area contributed by atoms with Gasteiger partial charge in [-0.2, -0.15) is 0 Å². The third-order valence-corrected chi connectivity index (χ3v) is 3.70. The predicted molar refractivity (Wildman–Crippen MR) is 94.4 cm³/mol. The standard InChI is InChI=1S/C15H19BrN4O.ClH/c1-11(9-17-2)14(21)19-15-18-7-8-20(15)10-12-3-5-13(16)6-4-12;/h3-8,11,17H,9-10H2,1-2H3,(H,18,19,21);1H. The molecular weight excluding hydrogens is 368 g/mol. The number of anilines is 1. The molecule has 0 aliphatic carbocycles. The predicted octanol–water partition coefficient (Wildman–Crippen LogP) is 2.91.